The first-order valence-electron chi connectivity index (χ1n) is 7.38. The number of hydrogen-bond acceptors (Lipinski definition) is 4. The van der Waals surface area contributed by atoms with Gasteiger partial charge in [0.05, 0.1) is 0 Å². The number of rotatable bonds is 3. The van der Waals surface area contributed by atoms with Crippen LogP contribution in [0.3, 0.4) is 0 Å². The molecule has 0 amide bonds. The summed E-state index contributed by atoms with van der Waals surface area (Å²) in [5, 5.41) is 3.58. The van der Waals surface area contributed by atoms with Crippen molar-refractivity contribution in [3.63, 3.8) is 0 Å². The Bertz CT molecular complexity index is 442. The fourth-order valence-corrected chi connectivity index (χ4v) is 2.71. The lowest BCUT2D eigenvalue weighted by atomic mass is 9.87. The maximum Gasteiger partial charge on any atom is 0.135 e. The summed E-state index contributed by atoms with van der Waals surface area (Å²) in [7, 11) is 0. The molecule has 0 aromatic carbocycles. The van der Waals surface area contributed by atoms with Gasteiger partial charge < -0.3 is 11.1 Å². The van der Waals surface area contributed by atoms with Crippen molar-refractivity contribution >= 4 is 11.6 Å². The van der Waals surface area contributed by atoms with Gasteiger partial charge in [-0.1, -0.05) is 33.6 Å². The van der Waals surface area contributed by atoms with Crippen LogP contribution in [0.4, 0.5) is 11.6 Å². The predicted octanol–water partition coefficient (Wildman–Crippen LogP) is 3.48. The van der Waals surface area contributed by atoms with Gasteiger partial charge in [0.2, 0.25) is 0 Å². The van der Waals surface area contributed by atoms with Crippen molar-refractivity contribution in [2.24, 2.45) is 5.92 Å². The Morgan fingerprint density at radius 2 is 2.00 bits per heavy atom. The van der Waals surface area contributed by atoms with Crippen LogP contribution in [0.5, 0.6) is 0 Å². The summed E-state index contributed by atoms with van der Waals surface area (Å²) in [6, 6.07) is 0.525. The molecule has 0 aliphatic heterocycles. The highest BCUT2D eigenvalue weighted by Crippen LogP contribution is 2.28. The number of hydrogen-bond donors (Lipinski definition) is 2. The summed E-state index contributed by atoms with van der Waals surface area (Å²) in [5.74, 6) is 3.46. The molecule has 4 heteroatoms. The SMILES string of the molecule is Cc1c(N)nc(C(C)C)nc1NC1CCCC(C)C1. The standard InChI is InChI=1S/C15H26N4/c1-9(2)14-18-13(16)11(4)15(19-14)17-12-7-5-6-10(3)8-12/h9-10,12H,5-8H2,1-4H3,(H3,16,17,18,19). The quantitative estimate of drug-likeness (QED) is 0.875. The molecule has 4 nitrogen and oxygen atoms in total. The van der Waals surface area contributed by atoms with Crippen LogP contribution in [0.25, 0.3) is 0 Å². The minimum absolute atomic E-state index is 0.300. The number of anilines is 2. The first-order chi connectivity index (χ1) is 8.97. The molecule has 1 aliphatic carbocycles. The monoisotopic (exact) mass is 262 g/mol. The van der Waals surface area contributed by atoms with Gasteiger partial charge in [-0.25, -0.2) is 9.97 Å². The van der Waals surface area contributed by atoms with E-state index in [0.29, 0.717) is 17.8 Å². The average Bonchev–Trinajstić information content (AvgIpc) is 2.34. The van der Waals surface area contributed by atoms with Crippen molar-refractivity contribution < 1.29 is 0 Å². The van der Waals surface area contributed by atoms with Crippen molar-refractivity contribution in [3.05, 3.63) is 11.4 Å². The third-order valence-corrected chi connectivity index (χ3v) is 3.99. The van der Waals surface area contributed by atoms with Gasteiger partial charge in [0.15, 0.2) is 0 Å². The molecule has 1 fully saturated rings. The van der Waals surface area contributed by atoms with Crippen molar-refractivity contribution in [2.45, 2.75) is 65.3 Å². The number of nitrogens with one attached hydrogen (secondary N) is 1. The van der Waals surface area contributed by atoms with Crippen molar-refractivity contribution in [1.29, 1.82) is 0 Å². The van der Waals surface area contributed by atoms with Crippen LogP contribution in [0.2, 0.25) is 0 Å². The second kappa shape index (κ2) is 5.76. The van der Waals surface area contributed by atoms with E-state index >= 15 is 0 Å². The first kappa shape index (κ1) is 14.1. The van der Waals surface area contributed by atoms with Crippen LogP contribution in [0.1, 0.15) is 63.8 Å². The summed E-state index contributed by atoms with van der Waals surface area (Å²) in [4.78, 5) is 9.02. The van der Waals surface area contributed by atoms with Gasteiger partial charge in [0.25, 0.3) is 0 Å². The van der Waals surface area contributed by atoms with E-state index in [9.17, 15) is 0 Å². The molecule has 1 heterocycles. The summed E-state index contributed by atoms with van der Waals surface area (Å²) < 4.78 is 0. The normalized spacial score (nSPS) is 23.6. The Hall–Kier alpha value is -1.32. The zero-order valence-electron chi connectivity index (χ0n) is 12.5. The zero-order valence-corrected chi connectivity index (χ0v) is 12.5. The van der Waals surface area contributed by atoms with E-state index in [1.54, 1.807) is 0 Å². The lowest BCUT2D eigenvalue weighted by Crippen LogP contribution is -2.27. The van der Waals surface area contributed by atoms with Gasteiger partial charge in [0, 0.05) is 17.5 Å². The van der Waals surface area contributed by atoms with Crippen molar-refractivity contribution in [2.75, 3.05) is 11.1 Å². The van der Waals surface area contributed by atoms with Gasteiger partial charge in [-0.05, 0) is 25.7 Å². The highest BCUT2D eigenvalue weighted by molar-refractivity contribution is 5.55. The van der Waals surface area contributed by atoms with Crippen LogP contribution in [0.15, 0.2) is 0 Å². The molecule has 1 saturated carbocycles. The Kier molecular flexibility index (Phi) is 4.27. The third-order valence-electron chi connectivity index (χ3n) is 3.99. The molecular weight excluding hydrogens is 236 g/mol. The van der Waals surface area contributed by atoms with Gasteiger partial charge in [0.1, 0.15) is 17.5 Å². The number of nitrogen functional groups attached to an aromatic ring is 1. The molecule has 106 valence electrons. The summed E-state index contributed by atoms with van der Waals surface area (Å²) >= 11 is 0. The number of nitrogens with two attached hydrogens (primary N) is 1. The predicted molar refractivity (Wildman–Crippen MR) is 80.3 cm³/mol. The minimum Gasteiger partial charge on any atom is -0.383 e. The Morgan fingerprint density at radius 3 is 2.63 bits per heavy atom. The van der Waals surface area contributed by atoms with Crippen molar-refractivity contribution in [3.8, 4) is 0 Å². The van der Waals surface area contributed by atoms with E-state index in [-0.39, 0.29) is 0 Å². The molecule has 0 spiro atoms. The van der Waals surface area contributed by atoms with E-state index in [4.69, 9.17) is 5.73 Å². The highest BCUT2D eigenvalue weighted by Gasteiger charge is 2.20. The molecule has 3 N–H and O–H groups in total. The van der Waals surface area contributed by atoms with Gasteiger partial charge in [-0.3, -0.25) is 0 Å². The second-order valence-corrected chi connectivity index (χ2v) is 6.21. The minimum atomic E-state index is 0.300. The maximum atomic E-state index is 6.00. The fraction of sp³-hybridized carbons (Fsp3) is 0.733. The van der Waals surface area contributed by atoms with E-state index in [2.05, 4.69) is 36.1 Å². The lowest BCUT2D eigenvalue weighted by molar-refractivity contribution is 0.358. The van der Waals surface area contributed by atoms with Crippen LogP contribution in [-0.2, 0) is 0 Å². The lowest BCUT2D eigenvalue weighted by Gasteiger charge is -2.28. The largest absolute Gasteiger partial charge is 0.383 e. The van der Waals surface area contributed by atoms with Crippen LogP contribution in [-0.4, -0.2) is 16.0 Å². The molecule has 1 aromatic rings. The molecule has 2 unspecified atom stereocenters. The molecular formula is C15H26N4. The van der Waals surface area contributed by atoms with Crippen LogP contribution in [0, 0.1) is 12.8 Å². The highest BCUT2D eigenvalue weighted by atomic mass is 15.1. The van der Waals surface area contributed by atoms with E-state index in [1.165, 1.54) is 25.7 Å². The fourth-order valence-electron chi connectivity index (χ4n) is 2.71. The van der Waals surface area contributed by atoms with E-state index < -0.39 is 0 Å². The number of aromatic nitrogens is 2. The van der Waals surface area contributed by atoms with Crippen LogP contribution >= 0.6 is 0 Å². The average molecular weight is 262 g/mol. The second-order valence-electron chi connectivity index (χ2n) is 6.21. The molecule has 0 radical (unpaired) electrons. The van der Waals surface area contributed by atoms with Gasteiger partial charge in [-0.15, -0.1) is 0 Å². The molecule has 1 aliphatic rings. The topological polar surface area (TPSA) is 63.8 Å². The smallest absolute Gasteiger partial charge is 0.135 e. The summed E-state index contributed by atoms with van der Waals surface area (Å²) in [6.45, 7) is 8.51. The van der Waals surface area contributed by atoms with Gasteiger partial charge >= 0.3 is 0 Å². The molecule has 2 atom stereocenters. The van der Waals surface area contributed by atoms with Gasteiger partial charge in [-0.2, -0.15) is 0 Å². The Balaban J connectivity index is 2.19. The Morgan fingerprint density at radius 1 is 1.26 bits per heavy atom. The summed E-state index contributed by atoms with van der Waals surface area (Å²) in [6.07, 6.45) is 5.10. The third kappa shape index (κ3) is 3.37. The maximum absolute atomic E-state index is 6.00. The first-order valence-corrected chi connectivity index (χ1v) is 7.38. The number of nitrogens with zero attached hydrogens (tertiary/aromatic N) is 2. The van der Waals surface area contributed by atoms with E-state index in [0.717, 1.165) is 23.1 Å². The van der Waals surface area contributed by atoms with E-state index in [1.807, 2.05) is 6.92 Å². The molecule has 1 aromatic heterocycles. The Labute approximate surface area is 116 Å². The summed E-state index contributed by atoms with van der Waals surface area (Å²) in [5.41, 5.74) is 6.98. The van der Waals surface area contributed by atoms with Crippen LogP contribution < -0.4 is 11.1 Å². The molecule has 0 saturated heterocycles. The zero-order chi connectivity index (χ0) is 14.0. The van der Waals surface area contributed by atoms with Crippen molar-refractivity contribution in [1.82, 2.24) is 9.97 Å². The molecule has 2 rings (SSSR count). The molecule has 0 bridgehead atoms. The molecule has 19 heavy (non-hydrogen) atoms.